The van der Waals surface area contributed by atoms with Gasteiger partial charge in [0, 0.05) is 12.0 Å². The summed E-state index contributed by atoms with van der Waals surface area (Å²) in [6, 6.07) is 4.11. The molecule has 2 aromatic heterocycles. The molecule has 2 rings (SSSR count). The molecular weight excluding hydrogens is 206 g/mol. The monoisotopic (exact) mass is 221 g/mol. The molecule has 3 N–H and O–H groups in total. The molecule has 80 valence electrons. The van der Waals surface area contributed by atoms with Crippen LogP contribution in [0, 0.1) is 0 Å². The van der Waals surface area contributed by atoms with Gasteiger partial charge in [0.2, 0.25) is 0 Å². The van der Waals surface area contributed by atoms with E-state index in [1.54, 1.807) is 11.3 Å². The van der Waals surface area contributed by atoms with Crippen LogP contribution in [0.1, 0.15) is 19.7 Å². The number of aromatic amines is 1. The highest BCUT2D eigenvalue weighted by atomic mass is 32.1. The number of nitrogens with two attached hydrogens (primary N) is 1. The predicted molar refractivity (Wildman–Crippen MR) is 63.9 cm³/mol. The van der Waals surface area contributed by atoms with Gasteiger partial charge in [-0.2, -0.15) is 0 Å². The summed E-state index contributed by atoms with van der Waals surface area (Å²) in [5.41, 5.74) is 6.79. The summed E-state index contributed by atoms with van der Waals surface area (Å²) in [5.74, 6) is 0.950. The minimum Gasteiger partial charge on any atom is -0.341 e. The number of hydrogen-bond donors (Lipinski definition) is 2. The van der Waals surface area contributed by atoms with Crippen molar-refractivity contribution in [1.82, 2.24) is 9.97 Å². The SMILES string of the molecule is CC(C)(N)Cc1ncc(-c2cccs2)[nH]1. The van der Waals surface area contributed by atoms with E-state index in [0.29, 0.717) is 0 Å². The Morgan fingerprint density at radius 2 is 2.33 bits per heavy atom. The van der Waals surface area contributed by atoms with E-state index in [4.69, 9.17) is 5.73 Å². The van der Waals surface area contributed by atoms with Crippen molar-refractivity contribution < 1.29 is 0 Å². The lowest BCUT2D eigenvalue weighted by Crippen LogP contribution is -2.34. The van der Waals surface area contributed by atoms with Gasteiger partial charge in [0.15, 0.2) is 0 Å². The molecule has 4 heteroatoms. The smallest absolute Gasteiger partial charge is 0.108 e. The summed E-state index contributed by atoms with van der Waals surface area (Å²) in [6.45, 7) is 4.00. The molecule has 0 aliphatic carbocycles. The fraction of sp³-hybridized carbons (Fsp3) is 0.364. The van der Waals surface area contributed by atoms with Crippen molar-refractivity contribution in [3.05, 3.63) is 29.5 Å². The number of H-pyrrole nitrogens is 1. The molecule has 0 bridgehead atoms. The van der Waals surface area contributed by atoms with Crippen molar-refractivity contribution in [3.63, 3.8) is 0 Å². The van der Waals surface area contributed by atoms with Crippen molar-refractivity contribution in [2.45, 2.75) is 25.8 Å². The summed E-state index contributed by atoms with van der Waals surface area (Å²) in [4.78, 5) is 8.83. The second-order valence-electron chi connectivity index (χ2n) is 4.39. The molecule has 0 aliphatic rings. The van der Waals surface area contributed by atoms with Crippen LogP contribution in [0.3, 0.4) is 0 Å². The maximum absolute atomic E-state index is 5.94. The maximum atomic E-state index is 5.94. The molecule has 0 radical (unpaired) electrons. The molecule has 0 unspecified atom stereocenters. The zero-order valence-corrected chi connectivity index (χ0v) is 9.77. The quantitative estimate of drug-likeness (QED) is 0.836. The van der Waals surface area contributed by atoms with Crippen molar-refractivity contribution in [3.8, 4) is 10.6 Å². The molecule has 15 heavy (non-hydrogen) atoms. The Labute approximate surface area is 93.4 Å². The Morgan fingerprint density at radius 3 is 2.93 bits per heavy atom. The number of hydrogen-bond acceptors (Lipinski definition) is 3. The molecule has 3 nitrogen and oxygen atoms in total. The van der Waals surface area contributed by atoms with Gasteiger partial charge in [-0.25, -0.2) is 4.98 Å². The first-order chi connectivity index (χ1) is 7.04. The average Bonchev–Trinajstić information content (AvgIpc) is 2.68. The van der Waals surface area contributed by atoms with Gasteiger partial charge in [-0.1, -0.05) is 6.07 Å². The van der Waals surface area contributed by atoms with Crippen LogP contribution < -0.4 is 5.73 Å². The molecule has 0 aliphatic heterocycles. The summed E-state index contributed by atoms with van der Waals surface area (Å²) in [6.07, 6.45) is 2.63. The molecule has 2 aromatic rings. The Kier molecular flexibility index (Phi) is 2.63. The van der Waals surface area contributed by atoms with Gasteiger partial charge >= 0.3 is 0 Å². The number of aromatic nitrogens is 2. The van der Waals surface area contributed by atoms with Crippen molar-refractivity contribution in [1.29, 1.82) is 0 Å². The first-order valence-electron chi connectivity index (χ1n) is 4.91. The van der Waals surface area contributed by atoms with E-state index < -0.39 is 0 Å². The van der Waals surface area contributed by atoms with Crippen molar-refractivity contribution in [2.24, 2.45) is 5.73 Å². The second-order valence-corrected chi connectivity index (χ2v) is 5.33. The van der Waals surface area contributed by atoms with Crippen LogP contribution in [-0.4, -0.2) is 15.5 Å². The number of imidazole rings is 1. The summed E-state index contributed by atoms with van der Waals surface area (Å²) >= 11 is 1.70. The van der Waals surface area contributed by atoms with E-state index in [1.807, 2.05) is 26.1 Å². The molecule has 2 heterocycles. The van der Waals surface area contributed by atoms with Crippen LogP contribution in [0.15, 0.2) is 23.7 Å². The lowest BCUT2D eigenvalue weighted by Gasteiger charge is -2.15. The van der Waals surface area contributed by atoms with Crippen molar-refractivity contribution in [2.75, 3.05) is 0 Å². The standard InChI is InChI=1S/C11H15N3S/c1-11(2,12)6-10-13-7-8(14-10)9-4-3-5-15-9/h3-5,7H,6,12H2,1-2H3,(H,13,14). The third kappa shape index (κ3) is 2.67. The van der Waals surface area contributed by atoms with E-state index in [1.165, 1.54) is 4.88 Å². The molecular formula is C11H15N3S. The van der Waals surface area contributed by atoms with Gasteiger partial charge < -0.3 is 10.7 Å². The number of nitrogens with one attached hydrogen (secondary N) is 1. The summed E-state index contributed by atoms with van der Waals surface area (Å²) in [7, 11) is 0. The minimum atomic E-state index is -0.218. The number of rotatable bonds is 3. The van der Waals surface area contributed by atoms with E-state index in [0.717, 1.165) is 17.9 Å². The average molecular weight is 221 g/mol. The molecule has 0 spiro atoms. The highest BCUT2D eigenvalue weighted by molar-refractivity contribution is 7.13. The molecule has 0 amide bonds. The van der Waals surface area contributed by atoms with Crippen LogP contribution in [0.5, 0.6) is 0 Å². The highest BCUT2D eigenvalue weighted by Crippen LogP contribution is 2.23. The Balaban J connectivity index is 2.18. The first kappa shape index (κ1) is 10.4. The van der Waals surface area contributed by atoms with Gasteiger partial charge in [0.05, 0.1) is 16.8 Å². The van der Waals surface area contributed by atoms with Gasteiger partial charge in [-0.3, -0.25) is 0 Å². The minimum absolute atomic E-state index is 0.218. The van der Waals surface area contributed by atoms with Crippen LogP contribution in [0.4, 0.5) is 0 Å². The molecule has 0 fully saturated rings. The topological polar surface area (TPSA) is 54.7 Å². The van der Waals surface area contributed by atoms with Gasteiger partial charge in [-0.15, -0.1) is 11.3 Å². The third-order valence-electron chi connectivity index (χ3n) is 2.04. The fourth-order valence-corrected chi connectivity index (χ4v) is 2.13. The fourth-order valence-electron chi connectivity index (χ4n) is 1.44. The molecule has 0 saturated heterocycles. The summed E-state index contributed by atoms with van der Waals surface area (Å²) < 4.78 is 0. The maximum Gasteiger partial charge on any atom is 0.108 e. The Bertz CT molecular complexity index is 423. The van der Waals surface area contributed by atoms with Gasteiger partial charge in [-0.05, 0) is 25.3 Å². The van der Waals surface area contributed by atoms with Gasteiger partial charge in [0.1, 0.15) is 5.82 Å². The van der Waals surface area contributed by atoms with Crippen molar-refractivity contribution >= 4 is 11.3 Å². The van der Waals surface area contributed by atoms with Crippen LogP contribution in [0.2, 0.25) is 0 Å². The number of thiophene rings is 1. The van der Waals surface area contributed by atoms with E-state index in [2.05, 4.69) is 21.4 Å². The lowest BCUT2D eigenvalue weighted by molar-refractivity contribution is 0.505. The zero-order valence-electron chi connectivity index (χ0n) is 8.95. The van der Waals surface area contributed by atoms with Crippen LogP contribution in [0.25, 0.3) is 10.6 Å². The van der Waals surface area contributed by atoms with E-state index in [-0.39, 0.29) is 5.54 Å². The molecule has 0 saturated carbocycles. The Hall–Kier alpha value is -1.13. The van der Waals surface area contributed by atoms with Crippen LogP contribution in [-0.2, 0) is 6.42 Å². The summed E-state index contributed by atoms with van der Waals surface area (Å²) in [5, 5.41) is 2.06. The number of nitrogens with zero attached hydrogens (tertiary/aromatic N) is 1. The predicted octanol–water partition coefficient (Wildman–Crippen LogP) is 2.42. The second kappa shape index (κ2) is 3.79. The van der Waals surface area contributed by atoms with E-state index in [9.17, 15) is 0 Å². The van der Waals surface area contributed by atoms with Gasteiger partial charge in [0.25, 0.3) is 0 Å². The largest absolute Gasteiger partial charge is 0.341 e. The first-order valence-corrected chi connectivity index (χ1v) is 5.79. The van der Waals surface area contributed by atoms with Crippen LogP contribution >= 0.6 is 11.3 Å². The molecule has 0 atom stereocenters. The van der Waals surface area contributed by atoms with E-state index >= 15 is 0 Å². The zero-order chi connectivity index (χ0) is 10.9. The Morgan fingerprint density at radius 1 is 1.53 bits per heavy atom. The highest BCUT2D eigenvalue weighted by Gasteiger charge is 2.14. The third-order valence-corrected chi connectivity index (χ3v) is 2.94. The normalized spacial score (nSPS) is 11.9. The lowest BCUT2D eigenvalue weighted by atomic mass is 10.0. The molecule has 0 aromatic carbocycles.